The van der Waals surface area contributed by atoms with Gasteiger partial charge in [-0.3, -0.25) is 15.6 Å². The summed E-state index contributed by atoms with van der Waals surface area (Å²) in [5.74, 6) is 5.13. The fraction of sp³-hybridized carbons (Fsp3) is 0.400. The molecule has 2 aliphatic rings. The molecule has 2 fully saturated rings. The van der Waals surface area contributed by atoms with Crippen LogP contribution in [0, 0.1) is 5.41 Å². The lowest BCUT2D eigenvalue weighted by Crippen LogP contribution is -2.60. The van der Waals surface area contributed by atoms with Crippen LogP contribution in [0.15, 0.2) is 30.3 Å². The van der Waals surface area contributed by atoms with E-state index in [2.05, 4.69) is 10.2 Å². The van der Waals surface area contributed by atoms with Gasteiger partial charge in [-0.25, -0.2) is 9.59 Å². The monoisotopic (exact) mass is 317 g/mol. The minimum atomic E-state index is -0.775. The molecular formula is C15H19N5O3. The molecule has 0 bridgehead atoms. The van der Waals surface area contributed by atoms with Gasteiger partial charge >= 0.3 is 12.1 Å². The van der Waals surface area contributed by atoms with Crippen LogP contribution in [0.25, 0.3) is 0 Å². The van der Waals surface area contributed by atoms with E-state index in [4.69, 9.17) is 11.3 Å². The Hall–Kier alpha value is -2.61. The van der Waals surface area contributed by atoms with E-state index in [9.17, 15) is 9.59 Å². The van der Waals surface area contributed by atoms with E-state index in [1.807, 2.05) is 37.3 Å². The number of nitrogens with zero attached hydrogens (tertiary/aromatic N) is 2. The number of nitrogens with two attached hydrogens (primary N) is 1. The van der Waals surface area contributed by atoms with Crippen LogP contribution in [0.5, 0.6) is 0 Å². The Morgan fingerprint density at radius 2 is 2.13 bits per heavy atom. The van der Waals surface area contributed by atoms with Gasteiger partial charge in [0.25, 0.3) is 0 Å². The highest BCUT2D eigenvalue weighted by atomic mass is 16.7. The highest BCUT2D eigenvalue weighted by molar-refractivity contribution is 6.18. The van der Waals surface area contributed by atoms with Crippen LogP contribution in [0.2, 0.25) is 0 Å². The number of amides is 3. The molecule has 3 rings (SSSR count). The van der Waals surface area contributed by atoms with Gasteiger partial charge in [0.1, 0.15) is 11.4 Å². The smallest absolute Gasteiger partial charge is 0.357 e. The van der Waals surface area contributed by atoms with Crippen LogP contribution in [0.4, 0.5) is 15.3 Å². The van der Waals surface area contributed by atoms with Crippen LogP contribution in [0.3, 0.4) is 0 Å². The molecule has 4 N–H and O–H groups in total. The number of piperidine rings is 1. The molecule has 1 spiro atoms. The molecule has 0 saturated carbocycles. The summed E-state index contributed by atoms with van der Waals surface area (Å²) in [4.78, 5) is 31.5. The van der Waals surface area contributed by atoms with Crippen molar-refractivity contribution in [2.75, 3.05) is 11.4 Å². The van der Waals surface area contributed by atoms with E-state index in [0.717, 1.165) is 5.69 Å². The second-order valence-electron chi connectivity index (χ2n) is 5.89. The molecule has 0 aromatic heterocycles. The van der Waals surface area contributed by atoms with Gasteiger partial charge in [0.05, 0.1) is 0 Å². The van der Waals surface area contributed by atoms with Gasteiger partial charge in [0, 0.05) is 18.3 Å². The van der Waals surface area contributed by atoms with E-state index < -0.39 is 11.6 Å². The number of urea groups is 1. The lowest BCUT2D eigenvalue weighted by Gasteiger charge is -2.45. The van der Waals surface area contributed by atoms with Crippen molar-refractivity contribution in [2.45, 2.75) is 31.3 Å². The van der Waals surface area contributed by atoms with E-state index in [0.29, 0.717) is 19.4 Å². The number of hydrogen-bond acceptors (Lipinski definition) is 5. The molecule has 0 aliphatic carbocycles. The van der Waals surface area contributed by atoms with Gasteiger partial charge in [0.15, 0.2) is 0 Å². The molecule has 3 amide bonds. The third-order valence-corrected chi connectivity index (χ3v) is 4.61. The lowest BCUT2D eigenvalue weighted by molar-refractivity contribution is 0.0693. The number of rotatable bonds is 1. The molecule has 2 aliphatic heterocycles. The SMILES string of the molecule is C[C@H]1C[C@@]2(CCN1C(=O)ON)C(=N)NC(=O)N2c1ccccc1. The van der Waals surface area contributed by atoms with Gasteiger partial charge in [-0.05, 0) is 31.9 Å². The summed E-state index contributed by atoms with van der Waals surface area (Å²) in [7, 11) is 0. The number of anilines is 1. The number of benzene rings is 1. The first-order valence-electron chi connectivity index (χ1n) is 7.42. The molecule has 0 unspecified atom stereocenters. The van der Waals surface area contributed by atoms with Crippen LogP contribution in [-0.4, -0.2) is 41.0 Å². The molecule has 122 valence electrons. The van der Waals surface area contributed by atoms with Crippen LogP contribution in [-0.2, 0) is 4.84 Å². The van der Waals surface area contributed by atoms with Gasteiger partial charge in [-0.2, -0.15) is 5.90 Å². The largest absolute Gasteiger partial charge is 0.428 e. The molecule has 23 heavy (non-hydrogen) atoms. The Balaban J connectivity index is 1.95. The van der Waals surface area contributed by atoms with E-state index in [1.165, 1.54) is 4.90 Å². The quantitative estimate of drug-likeness (QED) is 0.680. The summed E-state index contributed by atoms with van der Waals surface area (Å²) in [6.07, 6.45) is 0.287. The zero-order valence-corrected chi connectivity index (χ0v) is 12.8. The Kier molecular flexibility index (Phi) is 3.69. The average Bonchev–Trinajstić information content (AvgIpc) is 2.77. The Morgan fingerprint density at radius 3 is 2.74 bits per heavy atom. The first kappa shape index (κ1) is 15.3. The molecule has 2 atom stereocenters. The molecule has 0 radical (unpaired) electrons. The molecule has 2 saturated heterocycles. The second-order valence-corrected chi connectivity index (χ2v) is 5.89. The highest BCUT2D eigenvalue weighted by Gasteiger charge is 2.54. The average molecular weight is 317 g/mol. The maximum Gasteiger partial charge on any atom is 0.428 e. The molecule has 8 heteroatoms. The minimum Gasteiger partial charge on any atom is -0.357 e. The fourth-order valence-corrected chi connectivity index (χ4v) is 3.52. The minimum absolute atomic E-state index is 0.166. The Morgan fingerprint density at radius 1 is 1.43 bits per heavy atom. The van der Waals surface area contributed by atoms with E-state index >= 15 is 0 Å². The maximum atomic E-state index is 12.4. The lowest BCUT2D eigenvalue weighted by atomic mass is 9.82. The second kappa shape index (κ2) is 5.54. The molecular weight excluding hydrogens is 298 g/mol. The summed E-state index contributed by atoms with van der Waals surface area (Å²) in [5, 5.41) is 10.9. The highest BCUT2D eigenvalue weighted by Crippen LogP contribution is 2.39. The molecule has 2 heterocycles. The van der Waals surface area contributed by atoms with Crippen LogP contribution in [0.1, 0.15) is 19.8 Å². The number of para-hydroxylation sites is 1. The zero-order valence-electron chi connectivity index (χ0n) is 12.8. The van der Waals surface area contributed by atoms with E-state index in [1.54, 1.807) is 4.90 Å². The number of likely N-dealkylation sites (tertiary alicyclic amines) is 1. The Labute approximate surface area is 133 Å². The molecule has 8 nitrogen and oxygen atoms in total. The third-order valence-electron chi connectivity index (χ3n) is 4.61. The van der Waals surface area contributed by atoms with Crippen molar-refractivity contribution < 1.29 is 14.4 Å². The predicted molar refractivity (Wildman–Crippen MR) is 84.0 cm³/mol. The van der Waals surface area contributed by atoms with Crippen LogP contribution >= 0.6 is 0 Å². The van der Waals surface area contributed by atoms with Crippen molar-refractivity contribution in [1.82, 2.24) is 10.2 Å². The summed E-state index contributed by atoms with van der Waals surface area (Å²) in [5.41, 5.74) is -0.0437. The van der Waals surface area contributed by atoms with Crippen molar-refractivity contribution in [3.63, 3.8) is 0 Å². The number of nitrogens with one attached hydrogen (secondary N) is 2. The number of amidine groups is 1. The molecule has 1 aromatic carbocycles. The first-order chi connectivity index (χ1) is 11.0. The normalized spacial score (nSPS) is 27.3. The van der Waals surface area contributed by atoms with Gasteiger partial charge in [-0.15, -0.1) is 0 Å². The topological polar surface area (TPSA) is 112 Å². The van der Waals surface area contributed by atoms with Crippen molar-refractivity contribution in [3.8, 4) is 0 Å². The van der Waals surface area contributed by atoms with Crippen molar-refractivity contribution >= 4 is 23.6 Å². The number of hydrogen-bond donors (Lipinski definition) is 3. The van der Waals surface area contributed by atoms with Crippen LogP contribution < -0.4 is 16.1 Å². The van der Waals surface area contributed by atoms with E-state index in [-0.39, 0.29) is 17.9 Å². The van der Waals surface area contributed by atoms with Gasteiger partial charge < -0.3 is 9.74 Å². The fourth-order valence-electron chi connectivity index (χ4n) is 3.52. The van der Waals surface area contributed by atoms with Gasteiger partial charge in [-0.1, -0.05) is 18.2 Å². The van der Waals surface area contributed by atoms with Crippen molar-refractivity contribution in [2.24, 2.45) is 5.90 Å². The zero-order chi connectivity index (χ0) is 16.6. The van der Waals surface area contributed by atoms with Gasteiger partial charge in [0.2, 0.25) is 0 Å². The maximum absolute atomic E-state index is 12.4. The molecule has 1 aromatic rings. The third kappa shape index (κ3) is 2.31. The Bertz CT molecular complexity index is 650. The summed E-state index contributed by atoms with van der Waals surface area (Å²) in [6.45, 7) is 2.22. The summed E-state index contributed by atoms with van der Waals surface area (Å²) in [6, 6.07) is 8.72. The predicted octanol–water partition coefficient (Wildman–Crippen LogP) is 1.43. The summed E-state index contributed by atoms with van der Waals surface area (Å²) >= 11 is 0. The van der Waals surface area contributed by atoms with Crippen molar-refractivity contribution in [3.05, 3.63) is 30.3 Å². The first-order valence-corrected chi connectivity index (χ1v) is 7.42. The summed E-state index contributed by atoms with van der Waals surface area (Å²) < 4.78 is 0. The number of carbonyl (C=O) groups excluding carboxylic acids is 2. The number of carbonyl (C=O) groups is 2. The standard InChI is InChI=1S/C15H19N5O3/c1-10-9-15(7-8-19(10)14(22)23-17)12(16)18-13(21)20(15)11-5-3-2-4-6-11/h2-6,10H,7-9,17H2,1H3,(H2,16,18,21)/t10-,15-/m0/s1. The van der Waals surface area contributed by atoms with Crippen molar-refractivity contribution in [1.29, 1.82) is 5.41 Å².